The summed E-state index contributed by atoms with van der Waals surface area (Å²) in [6.45, 7) is 2.64. The number of aromatic nitrogens is 1. The molecule has 0 unspecified atom stereocenters. The van der Waals surface area contributed by atoms with E-state index in [-0.39, 0.29) is 17.3 Å². The molecule has 1 aliphatic carbocycles. The lowest BCUT2D eigenvalue weighted by Gasteiger charge is -2.23. The highest BCUT2D eigenvalue weighted by Crippen LogP contribution is 2.34. The van der Waals surface area contributed by atoms with E-state index in [0.29, 0.717) is 23.4 Å². The first-order valence-corrected chi connectivity index (χ1v) is 10.5. The SMILES string of the molecule is Cc1ccc(S(=O)(=O)N(Cc2ccc(F)cc2)CC2CC2)c2cccnc12. The molecular formula is C21H21FN2O2S. The summed E-state index contributed by atoms with van der Waals surface area (Å²) >= 11 is 0. The predicted molar refractivity (Wildman–Crippen MR) is 103 cm³/mol. The van der Waals surface area contributed by atoms with Gasteiger partial charge >= 0.3 is 0 Å². The Kier molecular flexibility index (Phi) is 4.70. The zero-order valence-electron chi connectivity index (χ0n) is 15.1. The molecule has 0 N–H and O–H groups in total. The number of fused-ring (bicyclic) bond motifs is 1. The standard InChI is InChI=1S/C21H21FN2O2S/c1-15-4-11-20(19-3-2-12-23-21(15)19)27(25,26)24(13-16-5-6-16)14-17-7-9-18(22)10-8-17/h2-4,7-12,16H,5-6,13-14H2,1H3. The number of halogens is 1. The summed E-state index contributed by atoms with van der Waals surface area (Å²) < 4.78 is 41.8. The lowest BCUT2D eigenvalue weighted by atomic mass is 10.1. The van der Waals surface area contributed by atoms with Crippen LogP contribution < -0.4 is 0 Å². The molecule has 6 heteroatoms. The van der Waals surface area contributed by atoms with E-state index < -0.39 is 10.0 Å². The van der Waals surface area contributed by atoms with Crippen LogP contribution >= 0.6 is 0 Å². The van der Waals surface area contributed by atoms with Crippen LogP contribution in [-0.4, -0.2) is 24.3 Å². The topological polar surface area (TPSA) is 50.3 Å². The average Bonchev–Trinajstić information content (AvgIpc) is 3.47. The van der Waals surface area contributed by atoms with Crippen molar-refractivity contribution < 1.29 is 12.8 Å². The summed E-state index contributed by atoms with van der Waals surface area (Å²) in [5.41, 5.74) is 2.42. The normalized spacial score (nSPS) is 14.8. The van der Waals surface area contributed by atoms with Crippen LogP contribution in [0, 0.1) is 18.7 Å². The van der Waals surface area contributed by atoms with E-state index in [0.717, 1.165) is 24.0 Å². The van der Waals surface area contributed by atoms with Crippen LogP contribution in [0.15, 0.2) is 59.6 Å². The van der Waals surface area contributed by atoms with Gasteiger partial charge < -0.3 is 0 Å². The molecule has 0 radical (unpaired) electrons. The van der Waals surface area contributed by atoms with E-state index in [1.807, 2.05) is 6.92 Å². The maximum absolute atomic E-state index is 13.5. The molecule has 1 fully saturated rings. The number of benzene rings is 2. The molecule has 0 spiro atoms. The van der Waals surface area contributed by atoms with Crippen molar-refractivity contribution in [3.63, 3.8) is 0 Å². The summed E-state index contributed by atoms with van der Waals surface area (Å²) in [5, 5.41) is 0.636. The van der Waals surface area contributed by atoms with E-state index in [1.165, 1.54) is 16.4 Å². The molecule has 0 amide bonds. The van der Waals surface area contributed by atoms with Crippen molar-refractivity contribution in [1.29, 1.82) is 0 Å². The Bertz CT molecular complexity index is 1080. The lowest BCUT2D eigenvalue weighted by molar-refractivity contribution is 0.391. The van der Waals surface area contributed by atoms with Crippen LogP contribution in [0.4, 0.5) is 4.39 Å². The van der Waals surface area contributed by atoms with Crippen molar-refractivity contribution in [2.45, 2.75) is 31.2 Å². The number of rotatable bonds is 6. The molecule has 3 aromatic rings. The predicted octanol–water partition coefficient (Wildman–Crippen LogP) is 4.28. The summed E-state index contributed by atoms with van der Waals surface area (Å²) in [7, 11) is -3.71. The third-order valence-corrected chi connectivity index (χ3v) is 6.85. The van der Waals surface area contributed by atoms with Gasteiger partial charge in [-0.1, -0.05) is 18.2 Å². The quantitative estimate of drug-likeness (QED) is 0.637. The third-order valence-electron chi connectivity index (χ3n) is 4.98. The van der Waals surface area contributed by atoms with E-state index >= 15 is 0 Å². The zero-order chi connectivity index (χ0) is 19.0. The van der Waals surface area contributed by atoms with Gasteiger partial charge in [0.05, 0.1) is 10.4 Å². The fraction of sp³-hybridized carbons (Fsp3) is 0.286. The fourth-order valence-electron chi connectivity index (χ4n) is 3.28. The van der Waals surface area contributed by atoms with Crippen LogP contribution in [0.2, 0.25) is 0 Å². The molecule has 1 saturated carbocycles. The van der Waals surface area contributed by atoms with E-state index in [1.54, 1.807) is 42.6 Å². The third kappa shape index (κ3) is 3.73. The number of aryl methyl sites for hydroxylation is 1. The molecule has 4 rings (SSSR count). The van der Waals surface area contributed by atoms with E-state index in [9.17, 15) is 12.8 Å². The summed E-state index contributed by atoms with van der Waals surface area (Å²) in [6.07, 6.45) is 3.77. The minimum Gasteiger partial charge on any atom is -0.256 e. The number of hydrogen-bond donors (Lipinski definition) is 0. The van der Waals surface area contributed by atoms with Crippen molar-refractivity contribution in [3.05, 3.63) is 71.7 Å². The molecule has 0 bridgehead atoms. The maximum Gasteiger partial charge on any atom is 0.244 e. The second kappa shape index (κ2) is 7.02. The molecule has 4 nitrogen and oxygen atoms in total. The van der Waals surface area contributed by atoms with Gasteiger partial charge in [0, 0.05) is 24.7 Å². The molecule has 0 atom stereocenters. The van der Waals surface area contributed by atoms with Crippen LogP contribution in [0.25, 0.3) is 10.9 Å². The molecule has 1 heterocycles. The molecule has 1 aromatic heterocycles. The van der Waals surface area contributed by atoms with Crippen molar-refractivity contribution in [3.8, 4) is 0 Å². The Morgan fingerprint density at radius 2 is 1.85 bits per heavy atom. The van der Waals surface area contributed by atoms with Gasteiger partial charge in [-0.2, -0.15) is 4.31 Å². The average molecular weight is 384 g/mol. The van der Waals surface area contributed by atoms with Crippen LogP contribution in [0.5, 0.6) is 0 Å². The molecule has 2 aromatic carbocycles. The Morgan fingerprint density at radius 1 is 1.11 bits per heavy atom. The summed E-state index contributed by atoms with van der Waals surface area (Å²) in [6, 6.07) is 13.0. The van der Waals surface area contributed by atoms with Gasteiger partial charge in [-0.3, -0.25) is 4.98 Å². The van der Waals surface area contributed by atoms with Gasteiger partial charge in [-0.15, -0.1) is 0 Å². The van der Waals surface area contributed by atoms with Crippen LogP contribution in [0.3, 0.4) is 0 Å². The smallest absolute Gasteiger partial charge is 0.244 e. The number of sulfonamides is 1. The molecule has 0 aliphatic heterocycles. The monoisotopic (exact) mass is 384 g/mol. The maximum atomic E-state index is 13.5. The minimum atomic E-state index is -3.71. The van der Waals surface area contributed by atoms with Crippen molar-refractivity contribution in [2.24, 2.45) is 5.92 Å². The molecular weight excluding hydrogens is 363 g/mol. The molecule has 27 heavy (non-hydrogen) atoms. The van der Waals surface area contributed by atoms with Crippen molar-refractivity contribution in [2.75, 3.05) is 6.54 Å². The number of nitrogens with zero attached hydrogens (tertiary/aromatic N) is 2. The van der Waals surface area contributed by atoms with E-state index in [4.69, 9.17) is 0 Å². The Morgan fingerprint density at radius 3 is 2.56 bits per heavy atom. The van der Waals surface area contributed by atoms with Crippen LogP contribution in [0.1, 0.15) is 24.0 Å². The van der Waals surface area contributed by atoms with Gasteiger partial charge in [0.1, 0.15) is 5.82 Å². The van der Waals surface area contributed by atoms with Gasteiger partial charge in [-0.25, -0.2) is 12.8 Å². The van der Waals surface area contributed by atoms with E-state index in [2.05, 4.69) is 4.98 Å². The molecule has 0 saturated heterocycles. The first-order chi connectivity index (χ1) is 12.9. The second-order valence-corrected chi connectivity index (χ2v) is 9.05. The summed E-state index contributed by atoms with van der Waals surface area (Å²) in [4.78, 5) is 4.63. The Hall–Kier alpha value is -2.31. The van der Waals surface area contributed by atoms with Crippen molar-refractivity contribution in [1.82, 2.24) is 9.29 Å². The first kappa shape index (κ1) is 18.1. The summed E-state index contributed by atoms with van der Waals surface area (Å²) in [5.74, 6) is 0.0704. The molecule has 1 aliphatic rings. The van der Waals surface area contributed by atoms with Crippen LogP contribution in [-0.2, 0) is 16.6 Å². The fourth-order valence-corrected chi connectivity index (χ4v) is 4.97. The van der Waals surface area contributed by atoms with Gasteiger partial charge in [0.2, 0.25) is 10.0 Å². The van der Waals surface area contributed by atoms with Gasteiger partial charge in [0.25, 0.3) is 0 Å². The molecule has 140 valence electrons. The zero-order valence-corrected chi connectivity index (χ0v) is 15.9. The Balaban J connectivity index is 1.76. The lowest BCUT2D eigenvalue weighted by Crippen LogP contribution is -2.32. The minimum absolute atomic E-state index is 0.231. The highest BCUT2D eigenvalue weighted by Gasteiger charge is 2.32. The highest BCUT2D eigenvalue weighted by atomic mass is 32.2. The Labute approximate surface area is 158 Å². The highest BCUT2D eigenvalue weighted by molar-refractivity contribution is 7.89. The number of pyridine rings is 1. The van der Waals surface area contributed by atoms with Gasteiger partial charge in [0.15, 0.2) is 0 Å². The largest absolute Gasteiger partial charge is 0.256 e. The van der Waals surface area contributed by atoms with Gasteiger partial charge in [-0.05, 0) is 67.1 Å². The first-order valence-electron chi connectivity index (χ1n) is 9.04. The number of hydrogen-bond acceptors (Lipinski definition) is 3. The second-order valence-electron chi connectivity index (χ2n) is 7.15. The van der Waals surface area contributed by atoms with Crippen molar-refractivity contribution >= 4 is 20.9 Å².